The number of carboxylic acids is 1. The average Bonchev–Trinajstić information content (AvgIpc) is 2.72. The summed E-state index contributed by atoms with van der Waals surface area (Å²) in [6, 6.07) is 0. The summed E-state index contributed by atoms with van der Waals surface area (Å²) in [7, 11) is 0. The van der Waals surface area contributed by atoms with Gasteiger partial charge >= 0.3 is 5.97 Å². The van der Waals surface area contributed by atoms with E-state index in [1.807, 2.05) is 6.92 Å². The Kier molecular flexibility index (Phi) is 4.56. The van der Waals surface area contributed by atoms with Crippen LogP contribution < -0.4 is 10.9 Å². The Balaban J connectivity index is 2.31. The second kappa shape index (κ2) is 6.11. The Morgan fingerprint density at radius 3 is 2.65 bits per heavy atom. The number of fused-ring (bicyclic) bond motifs is 1. The minimum absolute atomic E-state index is 0.0493. The van der Waals surface area contributed by atoms with Gasteiger partial charge in [-0.1, -0.05) is 0 Å². The highest BCUT2D eigenvalue weighted by Crippen LogP contribution is 2.18. The second-order valence-electron chi connectivity index (χ2n) is 6.07. The van der Waals surface area contributed by atoms with Gasteiger partial charge < -0.3 is 10.4 Å². The minimum atomic E-state index is -0.931. The zero-order valence-electron chi connectivity index (χ0n) is 13.5. The first-order chi connectivity index (χ1) is 10.6. The summed E-state index contributed by atoms with van der Waals surface area (Å²) in [6.45, 7) is 7.14. The van der Waals surface area contributed by atoms with Crippen molar-refractivity contribution < 1.29 is 14.7 Å². The van der Waals surface area contributed by atoms with Crippen molar-refractivity contribution in [2.24, 2.45) is 0 Å². The molecule has 0 aliphatic carbocycles. The van der Waals surface area contributed by atoms with E-state index in [4.69, 9.17) is 5.11 Å². The molecule has 8 heteroatoms. The molecule has 0 unspecified atom stereocenters. The van der Waals surface area contributed by atoms with Gasteiger partial charge in [-0.25, -0.2) is 4.98 Å². The molecule has 0 aliphatic heterocycles. The maximum atomic E-state index is 12.5. The number of aromatic nitrogens is 2. The molecule has 23 heavy (non-hydrogen) atoms. The first kappa shape index (κ1) is 17.1. The molecule has 2 N–H and O–H groups in total. The van der Waals surface area contributed by atoms with Crippen molar-refractivity contribution in [2.45, 2.75) is 46.1 Å². The molecule has 2 aromatic rings. The molecule has 0 bridgehead atoms. The molecular weight excluding hydrogens is 318 g/mol. The molecule has 0 fully saturated rings. The molecular formula is C15H19N3O4S. The second-order valence-corrected chi connectivity index (χ2v) is 7.25. The number of thiazole rings is 1. The van der Waals surface area contributed by atoms with Crippen LogP contribution >= 0.6 is 11.3 Å². The third-order valence-electron chi connectivity index (χ3n) is 3.68. The van der Waals surface area contributed by atoms with Crippen molar-refractivity contribution in [3.05, 3.63) is 32.7 Å². The van der Waals surface area contributed by atoms with Gasteiger partial charge in [0.15, 0.2) is 4.96 Å². The summed E-state index contributed by atoms with van der Waals surface area (Å²) in [4.78, 5) is 41.3. The normalized spacial score (nSPS) is 11.7. The van der Waals surface area contributed by atoms with E-state index in [1.165, 1.54) is 21.9 Å². The standard InChI is InChI=1S/C15H19N3O4S/c1-8-9(2)23-14-16-7-10(13(22)18(8)14)12(21)17-15(3,4)6-5-11(19)20/h7H,5-6H2,1-4H3,(H,17,21)(H,19,20). The average molecular weight is 337 g/mol. The molecule has 0 saturated heterocycles. The predicted octanol–water partition coefficient (Wildman–Crippen LogP) is 1.75. The highest BCUT2D eigenvalue weighted by atomic mass is 32.1. The lowest BCUT2D eigenvalue weighted by atomic mass is 9.98. The van der Waals surface area contributed by atoms with E-state index in [2.05, 4.69) is 10.3 Å². The number of amides is 1. The lowest BCUT2D eigenvalue weighted by molar-refractivity contribution is -0.137. The topological polar surface area (TPSA) is 101 Å². The molecule has 7 nitrogen and oxygen atoms in total. The molecule has 0 spiro atoms. The largest absolute Gasteiger partial charge is 0.481 e. The van der Waals surface area contributed by atoms with E-state index < -0.39 is 23.0 Å². The number of nitrogens with zero attached hydrogens (tertiary/aromatic N) is 2. The lowest BCUT2D eigenvalue weighted by Crippen LogP contribution is -2.45. The van der Waals surface area contributed by atoms with Crippen LogP contribution in [0.1, 0.15) is 47.6 Å². The van der Waals surface area contributed by atoms with E-state index >= 15 is 0 Å². The molecule has 2 heterocycles. The van der Waals surface area contributed by atoms with Gasteiger partial charge in [-0.3, -0.25) is 18.8 Å². The van der Waals surface area contributed by atoms with Crippen LogP contribution in [0, 0.1) is 13.8 Å². The number of aryl methyl sites for hydroxylation is 2. The number of aliphatic carboxylic acids is 1. The number of carbonyl (C=O) groups is 2. The number of nitrogens with one attached hydrogen (secondary N) is 1. The van der Waals surface area contributed by atoms with Crippen molar-refractivity contribution >= 4 is 28.2 Å². The van der Waals surface area contributed by atoms with Crippen molar-refractivity contribution in [1.82, 2.24) is 14.7 Å². The highest BCUT2D eigenvalue weighted by Gasteiger charge is 2.24. The third kappa shape index (κ3) is 3.58. The molecule has 0 atom stereocenters. The summed E-state index contributed by atoms with van der Waals surface area (Å²) in [6.07, 6.45) is 1.48. The van der Waals surface area contributed by atoms with Gasteiger partial charge in [0, 0.05) is 28.7 Å². The number of carbonyl (C=O) groups excluding carboxylic acids is 1. The van der Waals surface area contributed by atoms with Gasteiger partial charge in [0.1, 0.15) is 5.56 Å². The molecule has 0 aromatic carbocycles. The van der Waals surface area contributed by atoms with Crippen molar-refractivity contribution in [3.8, 4) is 0 Å². The van der Waals surface area contributed by atoms with Crippen LogP contribution in [-0.2, 0) is 4.79 Å². The Bertz CT molecular complexity index is 835. The molecule has 2 aromatic heterocycles. The van der Waals surface area contributed by atoms with Crippen LogP contribution in [0.25, 0.3) is 4.96 Å². The van der Waals surface area contributed by atoms with Gasteiger partial charge in [-0.05, 0) is 34.1 Å². The Morgan fingerprint density at radius 2 is 2.04 bits per heavy atom. The molecule has 0 saturated carbocycles. The summed E-state index contributed by atoms with van der Waals surface area (Å²) in [5.41, 5.74) is -0.432. The molecule has 0 radical (unpaired) electrons. The number of carboxylic acid groups (broad SMARTS) is 1. The smallest absolute Gasteiger partial charge is 0.303 e. The number of hydrogen-bond acceptors (Lipinski definition) is 5. The minimum Gasteiger partial charge on any atom is -0.481 e. The van der Waals surface area contributed by atoms with Crippen LogP contribution in [0.3, 0.4) is 0 Å². The summed E-state index contributed by atoms with van der Waals surface area (Å²) in [5.74, 6) is -1.48. The number of rotatable bonds is 5. The van der Waals surface area contributed by atoms with Crippen molar-refractivity contribution in [1.29, 1.82) is 0 Å². The summed E-state index contributed by atoms with van der Waals surface area (Å²) >= 11 is 1.39. The molecule has 0 aliphatic rings. The molecule has 2 rings (SSSR count). The zero-order chi connectivity index (χ0) is 17.4. The van der Waals surface area contributed by atoms with Crippen molar-refractivity contribution in [3.63, 3.8) is 0 Å². The van der Waals surface area contributed by atoms with E-state index in [1.54, 1.807) is 20.8 Å². The summed E-state index contributed by atoms with van der Waals surface area (Å²) < 4.78 is 1.43. The Hall–Kier alpha value is -2.22. The van der Waals surface area contributed by atoms with Crippen LogP contribution in [-0.4, -0.2) is 31.9 Å². The quantitative estimate of drug-likeness (QED) is 0.865. The zero-order valence-corrected chi connectivity index (χ0v) is 14.3. The van der Waals surface area contributed by atoms with E-state index in [-0.39, 0.29) is 18.4 Å². The maximum Gasteiger partial charge on any atom is 0.303 e. The first-order valence-corrected chi connectivity index (χ1v) is 7.96. The predicted molar refractivity (Wildman–Crippen MR) is 87.2 cm³/mol. The van der Waals surface area contributed by atoms with Crippen LogP contribution in [0.5, 0.6) is 0 Å². The molecule has 124 valence electrons. The Labute approximate surface area is 137 Å². The first-order valence-electron chi connectivity index (χ1n) is 7.14. The fourth-order valence-corrected chi connectivity index (χ4v) is 3.12. The lowest BCUT2D eigenvalue weighted by Gasteiger charge is -2.25. The van der Waals surface area contributed by atoms with Crippen molar-refractivity contribution in [2.75, 3.05) is 0 Å². The highest BCUT2D eigenvalue weighted by molar-refractivity contribution is 7.17. The van der Waals surface area contributed by atoms with Crippen LogP contribution in [0.4, 0.5) is 0 Å². The fraction of sp³-hybridized carbons (Fsp3) is 0.467. The third-order valence-corrected chi connectivity index (χ3v) is 4.75. The SMILES string of the molecule is Cc1sc2ncc(C(=O)NC(C)(C)CCC(=O)O)c(=O)n2c1C. The summed E-state index contributed by atoms with van der Waals surface area (Å²) in [5, 5.41) is 11.5. The van der Waals surface area contributed by atoms with Crippen LogP contribution in [0.15, 0.2) is 11.0 Å². The van der Waals surface area contributed by atoms with E-state index in [0.29, 0.717) is 4.96 Å². The molecule has 1 amide bonds. The fourth-order valence-electron chi connectivity index (χ4n) is 2.19. The van der Waals surface area contributed by atoms with E-state index in [9.17, 15) is 14.4 Å². The Morgan fingerprint density at radius 1 is 1.39 bits per heavy atom. The van der Waals surface area contributed by atoms with Gasteiger partial charge in [-0.15, -0.1) is 11.3 Å². The van der Waals surface area contributed by atoms with Gasteiger partial charge in [-0.2, -0.15) is 0 Å². The van der Waals surface area contributed by atoms with Gasteiger partial charge in [0.2, 0.25) is 0 Å². The van der Waals surface area contributed by atoms with E-state index in [0.717, 1.165) is 10.6 Å². The number of hydrogen-bond donors (Lipinski definition) is 2. The van der Waals surface area contributed by atoms with Gasteiger partial charge in [0.05, 0.1) is 0 Å². The maximum absolute atomic E-state index is 12.5. The van der Waals surface area contributed by atoms with Gasteiger partial charge in [0.25, 0.3) is 11.5 Å². The monoisotopic (exact) mass is 337 g/mol. The van der Waals surface area contributed by atoms with Crippen LogP contribution in [0.2, 0.25) is 0 Å².